The number of benzene rings is 2. The molecule has 8 heteroatoms. The topological polar surface area (TPSA) is 79.4 Å². The van der Waals surface area contributed by atoms with Gasteiger partial charge in [0.25, 0.3) is 0 Å². The number of amides is 2. The zero-order valence-corrected chi connectivity index (χ0v) is 18.0. The lowest BCUT2D eigenvalue weighted by Gasteiger charge is -2.32. The number of halogens is 1. The summed E-state index contributed by atoms with van der Waals surface area (Å²) in [6.07, 6.45) is 1.65. The van der Waals surface area contributed by atoms with Crippen LogP contribution in [-0.4, -0.2) is 42.5 Å². The Morgan fingerprint density at radius 2 is 1.77 bits per heavy atom. The molecule has 2 N–H and O–H groups in total. The van der Waals surface area contributed by atoms with Gasteiger partial charge in [0.1, 0.15) is 5.75 Å². The van der Waals surface area contributed by atoms with Crippen molar-refractivity contribution in [3.8, 4) is 17.0 Å². The second-order valence-corrected chi connectivity index (χ2v) is 7.72. The second-order valence-electron chi connectivity index (χ2n) is 7.32. The van der Waals surface area contributed by atoms with Gasteiger partial charge in [-0.3, -0.25) is 0 Å². The lowest BCUT2D eigenvalue weighted by Crippen LogP contribution is -2.46. The monoisotopic (exact) mass is 437 g/mol. The predicted molar refractivity (Wildman–Crippen MR) is 123 cm³/mol. The maximum Gasteiger partial charge on any atom is 0.319 e. The highest BCUT2D eigenvalue weighted by Gasteiger charge is 2.22. The molecule has 0 bridgehead atoms. The highest BCUT2D eigenvalue weighted by atomic mass is 35.5. The van der Waals surface area contributed by atoms with Crippen LogP contribution in [0.5, 0.6) is 5.75 Å². The van der Waals surface area contributed by atoms with Gasteiger partial charge >= 0.3 is 6.03 Å². The minimum atomic E-state index is -0.230. The van der Waals surface area contributed by atoms with Crippen LogP contribution in [0.1, 0.15) is 12.8 Å². The molecule has 2 amide bonds. The van der Waals surface area contributed by atoms with Crippen molar-refractivity contribution in [1.29, 1.82) is 0 Å². The Labute approximate surface area is 186 Å². The van der Waals surface area contributed by atoms with Gasteiger partial charge in [0.05, 0.1) is 23.5 Å². The molecule has 1 fully saturated rings. The molecule has 2 heterocycles. The smallest absolute Gasteiger partial charge is 0.319 e. The molecule has 3 aromatic rings. The Morgan fingerprint density at radius 3 is 2.48 bits per heavy atom. The number of hydrogen-bond donors (Lipinski definition) is 2. The van der Waals surface area contributed by atoms with Crippen LogP contribution in [-0.2, 0) is 0 Å². The van der Waals surface area contributed by atoms with Crippen molar-refractivity contribution in [3.05, 3.63) is 65.7 Å². The summed E-state index contributed by atoms with van der Waals surface area (Å²) < 4.78 is 5.27. The Hall–Kier alpha value is -3.32. The van der Waals surface area contributed by atoms with E-state index in [1.165, 1.54) is 0 Å². The van der Waals surface area contributed by atoms with E-state index in [0.717, 1.165) is 43.0 Å². The van der Waals surface area contributed by atoms with Gasteiger partial charge in [0.2, 0.25) is 0 Å². The highest BCUT2D eigenvalue weighted by molar-refractivity contribution is 6.33. The molecule has 0 saturated carbocycles. The molecule has 0 spiro atoms. The maximum atomic E-state index is 12.4. The van der Waals surface area contributed by atoms with Crippen molar-refractivity contribution >= 4 is 29.1 Å². The Bertz CT molecular complexity index is 1040. The standard InChI is InChI=1S/C23H24ClN5O2/c1-31-21-9-5-4-8-20(21)26-23(30)25-16-12-14-29(15-13-16)22-11-10-19(27-28-22)17-6-2-3-7-18(17)24/h2-11,16H,12-15H2,1H3,(H2,25,26,30). The fraction of sp³-hybridized carbons (Fsp3) is 0.261. The molecular weight excluding hydrogens is 414 g/mol. The zero-order chi connectivity index (χ0) is 21.6. The maximum absolute atomic E-state index is 12.4. The number of hydrogen-bond acceptors (Lipinski definition) is 5. The molecule has 1 aromatic heterocycles. The van der Waals surface area contributed by atoms with Crippen molar-refractivity contribution < 1.29 is 9.53 Å². The van der Waals surface area contributed by atoms with E-state index in [2.05, 4.69) is 25.7 Å². The molecule has 0 radical (unpaired) electrons. The van der Waals surface area contributed by atoms with Gasteiger partial charge in [-0.2, -0.15) is 0 Å². The number of nitrogens with one attached hydrogen (secondary N) is 2. The van der Waals surface area contributed by atoms with Crippen molar-refractivity contribution in [2.45, 2.75) is 18.9 Å². The molecule has 31 heavy (non-hydrogen) atoms. The summed E-state index contributed by atoms with van der Waals surface area (Å²) in [7, 11) is 1.58. The zero-order valence-electron chi connectivity index (χ0n) is 17.2. The molecule has 1 aliphatic rings. The number of piperidine rings is 1. The molecule has 0 aliphatic carbocycles. The first-order valence-electron chi connectivity index (χ1n) is 10.2. The minimum Gasteiger partial charge on any atom is -0.495 e. The molecule has 160 valence electrons. The summed E-state index contributed by atoms with van der Waals surface area (Å²) in [5.74, 6) is 1.46. The Balaban J connectivity index is 1.30. The molecule has 1 saturated heterocycles. The number of carbonyl (C=O) groups excluding carboxylic acids is 1. The van der Waals surface area contributed by atoms with Crippen LogP contribution in [0.15, 0.2) is 60.7 Å². The largest absolute Gasteiger partial charge is 0.495 e. The van der Waals surface area contributed by atoms with Crippen molar-refractivity contribution in [2.24, 2.45) is 0 Å². The molecule has 0 unspecified atom stereocenters. The van der Waals surface area contributed by atoms with Crippen LogP contribution in [0.4, 0.5) is 16.3 Å². The second kappa shape index (κ2) is 9.66. The van der Waals surface area contributed by atoms with E-state index in [1.54, 1.807) is 7.11 Å². The van der Waals surface area contributed by atoms with Gasteiger partial charge in [0, 0.05) is 24.7 Å². The lowest BCUT2D eigenvalue weighted by atomic mass is 10.1. The molecule has 2 aromatic carbocycles. The number of para-hydroxylation sites is 2. The number of ether oxygens (including phenoxy) is 1. The molecule has 4 rings (SSSR count). The first-order valence-corrected chi connectivity index (χ1v) is 10.6. The summed E-state index contributed by atoms with van der Waals surface area (Å²) in [6, 6.07) is 18.7. The van der Waals surface area contributed by atoms with Crippen LogP contribution in [0.2, 0.25) is 5.02 Å². The summed E-state index contributed by atoms with van der Waals surface area (Å²) in [5, 5.41) is 15.3. The average molecular weight is 438 g/mol. The van der Waals surface area contributed by atoms with E-state index in [-0.39, 0.29) is 12.1 Å². The van der Waals surface area contributed by atoms with E-state index in [0.29, 0.717) is 16.5 Å². The van der Waals surface area contributed by atoms with Gasteiger partial charge in [-0.25, -0.2) is 4.79 Å². The fourth-order valence-electron chi connectivity index (χ4n) is 3.65. The molecule has 1 aliphatic heterocycles. The number of carbonyl (C=O) groups is 1. The number of methoxy groups -OCH3 is 1. The molecule has 0 atom stereocenters. The normalized spacial score (nSPS) is 14.2. The number of nitrogens with zero attached hydrogens (tertiary/aromatic N) is 3. The van der Waals surface area contributed by atoms with Gasteiger partial charge in [-0.05, 0) is 43.2 Å². The van der Waals surface area contributed by atoms with Crippen LogP contribution < -0.4 is 20.3 Å². The fourth-order valence-corrected chi connectivity index (χ4v) is 3.88. The Kier molecular flexibility index (Phi) is 6.52. The Morgan fingerprint density at radius 1 is 1.03 bits per heavy atom. The number of anilines is 2. The van der Waals surface area contributed by atoms with E-state index < -0.39 is 0 Å². The minimum absolute atomic E-state index is 0.0984. The van der Waals surface area contributed by atoms with Crippen LogP contribution in [0, 0.1) is 0 Å². The van der Waals surface area contributed by atoms with E-state index in [9.17, 15) is 4.79 Å². The van der Waals surface area contributed by atoms with Gasteiger partial charge < -0.3 is 20.3 Å². The van der Waals surface area contributed by atoms with Crippen LogP contribution in [0.25, 0.3) is 11.3 Å². The summed E-state index contributed by atoms with van der Waals surface area (Å²) in [5.41, 5.74) is 2.26. The quantitative estimate of drug-likeness (QED) is 0.610. The molecule has 7 nitrogen and oxygen atoms in total. The third-order valence-electron chi connectivity index (χ3n) is 5.31. The van der Waals surface area contributed by atoms with Crippen LogP contribution >= 0.6 is 11.6 Å². The van der Waals surface area contributed by atoms with Gasteiger partial charge in [-0.1, -0.05) is 41.9 Å². The van der Waals surface area contributed by atoms with Gasteiger partial charge in [-0.15, -0.1) is 10.2 Å². The number of rotatable bonds is 5. The van der Waals surface area contributed by atoms with Crippen molar-refractivity contribution in [2.75, 3.05) is 30.4 Å². The lowest BCUT2D eigenvalue weighted by molar-refractivity contribution is 0.246. The van der Waals surface area contributed by atoms with Gasteiger partial charge in [0.15, 0.2) is 5.82 Å². The summed E-state index contributed by atoms with van der Waals surface area (Å²) >= 11 is 6.25. The van der Waals surface area contributed by atoms with Crippen molar-refractivity contribution in [1.82, 2.24) is 15.5 Å². The van der Waals surface area contributed by atoms with E-state index in [4.69, 9.17) is 16.3 Å². The third-order valence-corrected chi connectivity index (χ3v) is 5.64. The number of urea groups is 1. The van der Waals surface area contributed by atoms with Crippen molar-refractivity contribution in [3.63, 3.8) is 0 Å². The first-order chi connectivity index (χ1) is 15.1. The number of aromatic nitrogens is 2. The summed E-state index contributed by atoms with van der Waals surface area (Å²) in [6.45, 7) is 1.58. The SMILES string of the molecule is COc1ccccc1NC(=O)NC1CCN(c2ccc(-c3ccccc3Cl)nn2)CC1. The van der Waals surface area contributed by atoms with Crippen LogP contribution in [0.3, 0.4) is 0 Å². The van der Waals surface area contributed by atoms with E-state index in [1.807, 2.05) is 60.7 Å². The predicted octanol–water partition coefficient (Wildman–Crippen LogP) is 4.60. The molecular formula is C23H24ClN5O2. The van der Waals surface area contributed by atoms with E-state index >= 15 is 0 Å². The summed E-state index contributed by atoms with van der Waals surface area (Å²) in [4.78, 5) is 14.6. The first kappa shape index (κ1) is 20.9. The third kappa shape index (κ3) is 5.06. The highest BCUT2D eigenvalue weighted by Crippen LogP contribution is 2.27. The average Bonchev–Trinajstić information content (AvgIpc) is 2.80.